The van der Waals surface area contributed by atoms with E-state index in [1.165, 1.54) is 11.8 Å². The van der Waals surface area contributed by atoms with E-state index < -0.39 is 0 Å². The van der Waals surface area contributed by atoms with Crippen LogP contribution in [0.1, 0.15) is 24.0 Å². The quantitative estimate of drug-likeness (QED) is 0.512. The molecule has 0 aromatic heterocycles. The molecule has 30 heavy (non-hydrogen) atoms. The van der Waals surface area contributed by atoms with Crippen LogP contribution in [0, 0.1) is 6.92 Å². The number of thioether (sulfide) groups is 1. The topological polar surface area (TPSA) is 49.9 Å². The van der Waals surface area contributed by atoms with E-state index in [0.717, 1.165) is 42.7 Å². The van der Waals surface area contributed by atoms with Gasteiger partial charge in [0.15, 0.2) is 10.9 Å². The third-order valence-electron chi connectivity index (χ3n) is 5.06. The average molecular weight is 439 g/mol. The number of likely N-dealkylation sites (tertiary alicyclic amines) is 1. The Bertz CT molecular complexity index is 1010. The lowest BCUT2D eigenvalue weighted by Gasteiger charge is -2.15. The van der Waals surface area contributed by atoms with Crippen molar-refractivity contribution in [2.75, 3.05) is 24.6 Å². The third-order valence-corrected chi connectivity index (χ3v) is 6.36. The minimum Gasteiger partial charge on any atom is -0.484 e. The summed E-state index contributed by atoms with van der Waals surface area (Å²) in [5.74, 6) is 0.478. The maximum absolute atomic E-state index is 12.9. The Kier molecular flexibility index (Phi) is 6.20. The average Bonchev–Trinajstić information content (AvgIpc) is 3.36. The summed E-state index contributed by atoms with van der Waals surface area (Å²) < 4.78 is 6.20. The summed E-state index contributed by atoms with van der Waals surface area (Å²) in [6.07, 6.45) is 3.92. The molecule has 2 saturated heterocycles. The maximum atomic E-state index is 12.9. The van der Waals surface area contributed by atoms with Crippen LogP contribution in [-0.4, -0.2) is 40.7 Å². The first-order chi connectivity index (χ1) is 14.5. The first kappa shape index (κ1) is 20.6. The Balaban J connectivity index is 1.46. The summed E-state index contributed by atoms with van der Waals surface area (Å²) in [6, 6.07) is 15.1. The molecule has 0 radical (unpaired) electrons. The molecule has 5 nitrogen and oxygen atoms in total. The first-order valence-electron chi connectivity index (χ1n) is 9.86. The monoisotopic (exact) mass is 438 g/mol. The Morgan fingerprint density at radius 2 is 1.90 bits per heavy atom. The van der Waals surface area contributed by atoms with Crippen molar-refractivity contribution in [3.8, 4) is 5.75 Å². The van der Waals surface area contributed by atoms with Gasteiger partial charge in [0.2, 0.25) is 0 Å². The first-order valence-corrected chi connectivity index (χ1v) is 11.1. The van der Waals surface area contributed by atoms with Crippen molar-refractivity contribution in [1.82, 2.24) is 4.90 Å². The van der Waals surface area contributed by atoms with E-state index in [-0.39, 0.29) is 18.4 Å². The second-order valence-corrected chi connectivity index (χ2v) is 8.98. The second kappa shape index (κ2) is 9.02. The molecule has 0 atom stereocenters. The van der Waals surface area contributed by atoms with Crippen LogP contribution in [-0.2, 0) is 9.59 Å². The highest BCUT2D eigenvalue weighted by atomic mass is 32.2. The molecule has 2 aliphatic rings. The van der Waals surface area contributed by atoms with Gasteiger partial charge in [-0.25, -0.2) is 0 Å². The third kappa shape index (κ3) is 4.57. The Morgan fingerprint density at radius 1 is 1.17 bits per heavy atom. The molecule has 2 aromatic carbocycles. The zero-order chi connectivity index (χ0) is 21.1. The summed E-state index contributed by atoms with van der Waals surface area (Å²) in [7, 11) is 0. The minimum absolute atomic E-state index is 0.0110. The van der Waals surface area contributed by atoms with Crippen LogP contribution in [0.3, 0.4) is 0 Å². The van der Waals surface area contributed by atoms with E-state index >= 15 is 0 Å². The molecular weight excluding hydrogens is 416 g/mol. The highest BCUT2D eigenvalue weighted by molar-refractivity contribution is 8.27. The summed E-state index contributed by atoms with van der Waals surface area (Å²) in [5.41, 5.74) is 2.72. The van der Waals surface area contributed by atoms with Crippen LogP contribution in [0.4, 0.5) is 5.69 Å². The molecule has 2 aliphatic heterocycles. The van der Waals surface area contributed by atoms with Gasteiger partial charge in [-0.2, -0.15) is 0 Å². The Morgan fingerprint density at radius 3 is 2.63 bits per heavy atom. The number of rotatable bonds is 5. The fourth-order valence-corrected chi connectivity index (χ4v) is 4.73. The minimum atomic E-state index is -0.135. The summed E-state index contributed by atoms with van der Waals surface area (Å²) in [5, 5.41) is 0. The highest BCUT2D eigenvalue weighted by Gasteiger charge is 2.33. The number of benzene rings is 2. The van der Waals surface area contributed by atoms with Gasteiger partial charge < -0.3 is 9.64 Å². The van der Waals surface area contributed by atoms with E-state index in [0.29, 0.717) is 15.0 Å². The van der Waals surface area contributed by atoms with Crippen molar-refractivity contribution in [2.24, 2.45) is 0 Å². The van der Waals surface area contributed by atoms with E-state index in [1.807, 2.05) is 66.4 Å². The molecule has 7 heteroatoms. The number of anilines is 1. The van der Waals surface area contributed by atoms with E-state index in [1.54, 1.807) is 4.90 Å². The summed E-state index contributed by atoms with van der Waals surface area (Å²) >= 11 is 6.72. The van der Waals surface area contributed by atoms with Crippen molar-refractivity contribution in [3.63, 3.8) is 0 Å². The number of nitrogens with zero attached hydrogens (tertiary/aromatic N) is 2. The predicted molar refractivity (Wildman–Crippen MR) is 125 cm³/mol. The van der Waals surface area contributed by atoms with Crippen LogP contribution in [0.25, 0.3) is 6.08 Å². The standard InChI is InChI=1S/C23H22N2O3S2/c1-16-7-9-18(10-8-16)25-22(27)20(30-23(25)29)14-17-5-4-6-19(13-17)28-15-21(26)24-11-2-3-12-24/h4-10,13-14H,2-3,11-12,15H2,1H3/b20-14-. The zero-order valence-electron chi connectivity index (χ0n) is 16.7. The smallest absolute Gasteiger partial charge is 0.270 e. The van der Waals surface area contributed by atoms with Crippen LogP contribution in [0.2, 0.25) is 0 Å². The molecule has 0 saturated carbocycles. The normalized spacial score (nSPS) is 17.8. The van der Waals surface area contributed by atoms with Crippen LogP contribution in [0.5, 0.6) is 5.75 Å². The van der Waals surface area contributed by atoms with Gasteiger partial charge in [-0.3, -0.25) is 14.5 Å². The Hall–Kier alpha value is -2.64. The lowest BCUT2D eigenvalue weighted by Crippen LogP contribution is -2.32. The van der Waals surface area contributed by atoms with Gasteiger partial charge in [0.25, 0.3) is 11.8 Å². The molecule has 0 spiro atoms. The summed E-state index contributed by atoms with van der Waals surface area (Å²) in [6.45, 7) is 3.65. The van der Waals surface area contributed by atoms with Crippen LogP contribution < -0.4 is 9.64 Å². The fraction of sp³-hybridized carbons (Fsp3) is 0.261. The fourth-order valence-electron chi connectivity index (χ4n) is 3.43. The number of hydrogen-bond donors (Lipinski definition) is 0. The number of carbonyl (C=O) groups excluding carboxylic acids is 2. The van der Waals surface area contributed by atoms with Gasteiger partial charge in [0.1, 0.15) is 5.75 Å². The zero-order valence-corrected chi connectivity index (χ0v) is 18.3. The second-order valence-electron chi connectivity index (χ2n) is 7.30. The van der Waals surface area contributed by atoms with Crippen molar-refractivity contribution >= 4 is 51.9 Å². The molecular formula is C23H22N2O3S2. The molecule has 0 bridgehead atoms. The van der Waals surface area contributed by atoms with Crippen molar-refractivity contribution in [2.45, 2.75) is 19.8 Å². The van der Waals surface area contributed by atoms with Gasteiger partial charge in [-0.15, -0.1) is 0 Å². The molecule has 0 N–H and O–H groups in total. The van der Waals surface area contributed by atoms with Crippen molar-refractivity contribution < 1.29 is 14.3 Å². The summed E-state index contributed by atoms with van der Waals surface area (Å²) in [4.78, 5) is 29.0. The number of ether oxygens (including phenoxy) is 1. The van der Waals surface area contributed by atoms with Gasteiger partial charge in [0.05, 0.1) is 10.6 Å². The number of aryl methyl sites for hydroxylation is 1. The molecule has 2 heterocycles. The molecule has 2 fully saturated rings. The van der Waals surface area contributed by atoms with Gasteiger partial charge >= 0.3 is 0 Å². The van der Waals surface area contributed by atoms with Gasteiger partial charge in [-0.1, -0.05) is 53.8 Å². The molecule has 0 aliphatic carbocycles. The highest BCUT2D eigenvalue weighted by Crippen LogP contribution is 2.36. The molecule has 154 valence electrons. The molecule has 2 aromatic rings. The molecule has 2 amide bonds. The van der Waals surface area contributed by atoms with E-state index in [4.69, 9.17) is 17.0 Å². The van der Waals surface area contributed by atoms with Crippen LogP contribution in [0.15, 0.2) is 53.4 Å². The lowest BCUT2D eigenvalue weighted by atomic mass is 10.2. The maximum Gasteiger partial charge on any atom is 0.270 e. The largest absolute Gasteiger partial charge is 0.484 e. The lowest BCUT2D eigenvalue weighted by molar-refractivity contribution is -0.132. The van der Waals surface area contributed by atoms with E-state index in [9.17, 15) is 9.59 Å². The van der Waals surface area contributed by atoms with Crippen molar-refractivity contribution in [3.05, 3.63) is 64.6 Å². The molecule has 4 rings (SSSR count). The Labute approximate surface area is 185 Å². The number of hydrogen-bond acceptors (Lipinski definition) is 5. The van der Waals surface area contributed by atoms with Crippen molar-refractivity contribution in [1.29, 1.82) is 0 Å². The van der Waals surface area contributed by atoms with E-state index in [2.05, 4.69) is 0 Å². The SMILES string of the molecule is Cc1ccc(N2C(=O)/C(=C/c3cccc(OCC(=O)N4CCCC4)c3)SC2=S)cc1. The molecule has 0 unspecified atom stereocenters. The number of carbonyl (C=O) groups is 2. The van der Waals surface area contributed by atoms with Gasteiger partial charge in [0, 0.05) is 13.1 Å². The van der Waals surface area contributed by atoms with Gasteiger partial charge in [-0.05, 0) is 55.7 Å². The number of amides is 2. The predicted octanol–water partition coefficient (Wildman–Crippen LogP) is 4.40. The number of thiocarbonyl (C=S) groups is 1. The van der Waals surface area contributed by atoms with Crippen LogP contribution >= 0.6 is 24.0 Å².